The molecule has 6 heteroatoms. The lowest BCUT2D eigenvalue weighted by molar-refractivity contribution is -0.218. The summed E-state index contributed by atoms with van der Waals surface area (Å²) in [4.78, 5) is 0. The Morgan fingerprint density at radius 2 is 1.28 bits per heavy atom. The average Bonchev–Trinajstić information content (AvgIpc) is 2.76. The highest BCUT2D eigenvalue weighted by Crippen LogP contribution is 2.33. The largest absolute Gasteiger partial charge is 0.394 e. The van der Waals surface area contributed by atoms with Crippen molar-refractivity contribution in [2.45, 2.75) is 70.1 Å². The Morgan fingerprint density at radius 3 is 1.69 bits per heavy atom. The van der Waals surface area contributed by atoms with Crippen LogP contribution >= 0.6 is 0 Å². The zero-order valence-corrected chi connectivity index (χ0v) is 19.3. The van der Waals surface area contributed by atoms with Gasteiger partial charge in [0.15, 0.2) is 0 Å². The molecule has 0 fully saturated rings. The fourth-order valence-corrected chi connectivity index (χ4v) is 3.99. The maximum atomic E-state index is 11.5. The summed E-state index contributed by atoms with van der Waals surface area (Å²) in [5.41, 5.74) is 0.959. The molecule has 0 radical (unpaired) electrons. The second kappa shape index (κ2) is 10.3. The molecule has 0 amide bonds. The molecule has 2 rings (SSSR count). The molecule has 0 saturated carbocycles. The second-order valence-corrected chi connectivity index (χ2v) is 8.97. The van der Waals surface area contributed by atoms with Crippen LogP contribution in [0.15, 0.2) is 49.1 Å². The van der Waals surface area contributed by atoms with Crippen molar-refractivity contribution < 1.29 is 30.6 Å². The molecular formula is C26H36O6. The molecule has 2 aromatic rings. The van der Waals surface area contributed by atoms with Crippen LogP contribution in [-0.4, -0.2) is 66.8 Å². The van der Waals surface area contributed by atoms with Crippen molar-refractivity contribution in [3.05, 3.63) is 82.4 Å². The first kappa shape index (κ1) is 26.2. The number of hydrogen-bond donors (Lipinski definition) is 6. The van der Waals surface area contributed by atoms with Gasteiger partial charge in [-0.3, -0.25) is 0 Å². The first-order valence-electron chi connectivity index (χ1n) is 10.7. The first-order valence-corrected chi connectivity index (χ1v) is 10.7. The third-order valence-electron chi connectivity index (χ3n) is 6.48. The standard InChI is InChI=1S/C26H36O6/c1-6-25(31,13-20-9-7-16(2)18(4)11-20)24(30)26(32,23(29)22(28)15-27)14-21-10-8-17(3)19(5)12-21/h6-12,22-24,27-32H,1,13-15H2,2-5H3/t22-,23+,24+,25?,26+/m0/s1. The molecule has 6 nitrogen and oxygen atoms in total. The van der Waals surface area contributed by atoms with E-state index in [9.17, 15) is 30.6 Å². The highest BCUT2D eigenvalue weighted by molar-refractivity contribution is 5.34. The summed E-state index contributed by atoms with van der Waals surface area (Å²) in [5.74, 6) is 0. The molecule has 32 heavy (non-hydrogen) atoms. The predicted octanol–water partition coefficient (Wildman–Crippen LogP) is 1.43. The van der Waals surface area contributed by atoms with E-state index >= 15 is 0 Å². The molecular weight excluding hydrogens is 408 g/mol. The van der Waals surface area contributed by atoms with Crippen molar-refractivity contribution in [3.8, 4) is 0 Å². The van der Waals surface area contributed by atoms with E-state index in [1.807, 2.05) is 52.0 Å². The molecule has 2 aromatic carbocycles. The van der Waals surface area contributed by atoms with Crippen molar-refractivity contribution in [2.75, 3.05) is 6.61 Å². The second-order valence-electron chi connectivity index (χ2n) is 8.97. The lowest BCUT2D eigenvalue weighted by Gasteiger charge is -2.45. The van der Waals surface area contributed by atoms with E-state index in [1.54, 1.807) is 12.1 Å². The van der Waals surface area contributed by atoms with Crippen LogP contribution in [-0.2, 0) is 12.8 Å². The Kier molecular flexibility index (Phi) is 8.39. The molecule has 0 aliphatic heterocycles. The maximum absolute atomic E-state index is 11.5. The van der Waals surface area contributed by atoms with Gasteiger partial charge >= 0.3 is 0 Å². The highest BCUT2D eigenvalue weighted by atomic mass is 16.4. The van der Waals surface area contributed by atoms with Gasteiger partial charge < -0.3 is 30.6 Å². The normalized spacial score (nSPS) is 18.3. The minimum absolute atomic E-state index is 0.0734. The minimum Gasteiger partial charge on any atom is -0.394 e. The van der Waals surface area contributed by atoms with E-state index in [-0.39, 0.29) is 12.8 Å². The molecule has 0 aromatic heterocycles. The Bertz CT molecular complexity index is 942. The van der Waals surface area contributed by atoms with E-state index in [0.29, 0.717) is 11.1 Å². The van der Waals surface area contributed by atoms with Gasteiger partial charge in [0.1, 0.15) is 29.5 Å². The Labute approximate surface area is 190 Å². The summed E-state index contributed by atoms with van der Waals surface area (Å²) in [5, 5.41) is 64.3. The summed E-state index contributed by atoms with van der Waals surface area (Å²) < 4.78 is 0. The number of hydrogen-bond acceptors (Lipinski definition) is 6. The molecule has 0 aliphatic carbocycles. The zero-order valence-electron chi connectivity index (χ0n) is 19.3. The van der Waals surface area contributed by atoms with E-state index in [0.717, 1.165) is 28.3 Å². The monoisotopic (exact) mass is 444 g/mol. The van der Waals surface area contributed by atoms with Crippen LogP contribution in [0.5, 0.6) is 0 Å². The number of aryl methyl sites for hydroxylation is 4. The summed E-state index contributed by atoms with van der Waals surface area (Å²) in [6.45, 7) is 10.5. The van der Waals surface area contributed by atoms with Gasteiger partial charge in [-0.05, 0) is 61.1 Å². The molecule has 176 valence electrons. The van der Waals surface area contributed by atoms with Crippen LogP contribution in [0.3, 0.4) is 0 Å². The van der Waals surface area contributed by atoms with Crippen LogP contribution in [0.1, 0.15) is 33.4 Å². The van der Waals surface area contributed by atoms with Crippen LogP contribution < -0.4 is 0 Å². The fraction of sp³-hybridized carbons (Fsp3) is 0.462. The van der Waals surface area contributed by atoms with Gasteiger partial charge in [0.05, 0.1) is 6.61 Å². The predicted molar refractivity (Wildman–Crippen MR) is 124 cm³/mol. The average molecular weight is 445 g/mol. The lowest BCUT2D eigenvalue weighted by atomic mass is 9.73. The van der Waals surface area contributed by atoms with Gasteiger partial charge in [-0.2, -0.15) is 0 Å². The van der Waals surface area contributed by atoms with Crippen molar-refractivity contribution in [1.82, 2.24) is 0 Å². The topological polar surface area (TPSA) is 121 Å². The van der Waals surface area contributed by atoms with Gasteiger partial charge in [-0.1, -0.05) is 42.5 Å². The summed E-state index contributed by atoms with van der Waals surface area (Å²) in [6.07, 6.45) is -4.79. The van der Waals surface area contributed by atoms with Crippen molar-refractivity contribution in [1.29, 1.82) is 0 Å². The van der Waals surface area contributed by atoms with Gasteiger partial charge in [0, 0.05) is 12.8 Å². The minimum atomic E-state index is -2.38. The number of aliphatic hydroxyl groups excluding tert-OH is 4. The molecule has 0 heterocycles. The molecule has 0 saturated heterocycles. The van der Waals surface area contributed by atoms with E-state index in [2.05, 4.69) is 6.58 Å². The summed E-state index contributed by atoms with van der Waals surface area (Å²) in [6, 6.07) is 11.0. The highest BCUT2D eigenvalue weighted by Gasteiger charge is 2.53. The smallest absolute Gasteiger partial charge is 0.126 e. The van der Waals surface area contributed by atoms with Gasteiger partial charge in [0.2, 0.25) is 0 Å². The van der Waals surface area contributed by atoms with Crippen molar-refractivity contribution in [2.24, 2.45) is 0 Å². The third-order valence-corrected chi connectivity index (χ3v) is 6.48. The fourth-order valence-electron chi connectivity index (χ4n) is 3.99. The van der Waals surface area contributed by atoms with Crippen LogP contribution in [0.25, 0.3) is 0 Å². The van der Waals surface area contributed by atoms with Gasteiger partial charge in [-0.25, -0.2) is 0 Å². The van der Waals surface area contributed by atoms with E-state index in [4.69, 9.17) is 0 Å². The molecule has 1 unspecified atom stereocenters. The summed E-state index contributed by atoms with van der Waals surface area (Å²) in [7, 11) is 0. The van der Waals surface area contributed by atoms with Crippen LogP contribution in [0.4, 0.5) is 0 Å². The van der Waals surface area contributed by atoms with Gasteiger partial charge in [-0.15, -0.1) is 6.58 Å². The Balaban J connectivity index is 2.49. The van der Waals surface area contributed by atoms with Crippen LogP contribution in [0.2, 0.25) is 0 Å². The molecule has 0 bridgehead atoms. The van der Waals surface area contributed by atoms with E-state index < -0.39 is 36.1 Å². The number of benzene rings is 2. The maximum Gasteiger partial charge on any atom is 0.126 e. The quantitative estimate of drug-likeness (QED) is 0.308. The zero-order chi connectivity index (χ0) is 24.3. The molecule has 0 aliphatic rings. The molecule has 5 atom stereocenters. The number of aliphatic hydroxyl groups is 6. The SMILES string of the molecule is C=CC(O)(Cc1ccc(C)c(C)c1)[C@@H](O)[C@@](O)(Cc1ccc(C)c(C)c1)[C@H](O)[C@@H](O)CO. The van der Waals surface area contributed by atoms with Crippen molar-refractivity contribution >= 4 is 0 Å². The van der Waals surface area contributed by atoms with Crippen LogP contribution in [0, 0.1) is 27.7 Å². The van der Waals surface area contributed by atoms with Crippen molar-refractivity contribution in [3.63, 3.8) is 0 Å². The number of rotatable bonds is 10. The first-order chi connectivity index (χ1) is 14.9. The summed E-state index contributed by atoms with van der Waals surface area (Å²) >= 11 is 0. The molecule has 0 spiro atoms. The Morgan fingerprint density at radius 1 is 0.812 bits per heavy atom. The Hall–Kier alpha value is -2.06. The third kappa shape index (κ3) is 5.46. The molecule has 6 N–H and O–H groups in total. The lowest BCUT2D eigenvalue weighted by Crippen LogP contribution is -2.66. The van der Waals surface area contributed by atoms with Gasteiger partial charge in [0.25, 0.3) is 0 Å². The van der Waals surface area contributed by atoms with E-state index in [1.165, 1.54) is 0 Å².